The Morgan fingerprint density at radius 1 is 1.12 bits per heavy atom. The van der Waals surface area contributed by atoms with E-state index in [9.17, 15) is 23.3 Å². The summed E-state index contributed by atoms with van der Waals surface area (Å²) in [6, 6.07) is 11.5. The predicted octanol–water partition coefficient (Wildman–Crippen LogP) is 1.71. The number of hydrogen-bond acceptors (Lipinski definition) is 5. The number of aryl methyl sites for hydroxylation is 1. The van der Waals surface area contributed by atoms with Crippen molar-refractivity contribution < 1.29 is 18.1 Å². The number of nitrogens with zero attached hydrogens (tertiary/aromatic N) is 2. The van der Waals surface area contributed by atoms with Gasteiger partial charge in [-0.3, -0.25) is 20.3 Å². The number of nitro groups is 1. The fourth-order valence-corrected chi connectivity index (χ4v) is 3.35. The molecule has 0 fully saturated rings. The molecule has 1 amide bonds. The van der Waals surface area contributed by atoms with Crippen molar-refractivity contribution in [3.63, 3.8) is 0 Å². The first-order chi connectivity index (χ1) is 12.3. The molecular formula is C16H14N4O5S. The van der Waals surface area contributed by atoms with Crippen LogP contribution in [0.1, 0.15) is 10.4 Å². The molecule has 9 nitrogen and oxygen atoms in total. The van der Waals surface area contributed by atoms with Crippen molar-refractivity contribution in [3.05, 3.63) is 70.4 Å². The Bertz CT molecular complexity index is 1100. The molecule has 10 heteroatoms. The molecule has 2 aromatic carbocycles. The lowest BCUT2D eigenvalue weighted by atomic mass is 10.2. The standard InChI is InChI=1S/C16H14N4O5S/c1-19-10-14(13-4-2-3-5-15(13)19)16(21)17-18-26(24,25)12-8-6-11(7-9-12)20(22)23/h2-10,18H,1H3,(H,17,21). The first-order valence-electron chi connectivity index (χ1n) is 7.40. The highest BCUT2D eigenvalue weighted by molar-refractivity contribution is 7.89. The molecule has 134 valence electrons. The summed E-state index contributed by atoms with van der Waals surface area (Å²) in [5, 5.41) is 11.3. The molecular weight excluding hydrogens is 360 g/mol. The number of nitrogens with one attached hydrogen (secondary N) is 2. The predicted molar refractivity (Wildman–Crippen MR) is 93.8 cm³/mol. The second-order valence-electron chi connectivity index (χ2n) is 5.48. The molecule has 26 heavy (non-hydrogen) atoms. The highest BCUT2D eigenvalue weighted by Crippen LogP contribution is 2.20. The highest BCUT2D eigenvalue weighted by atomic mass is 32.2. The van der Waals surface area contributed by atoms with E-state index < -0.39 is 20.9 Å². The number of carbonyl (C=O) groups is 1. The molecule has 3 rings (SSSR count). The highest BCUT2D eigenvalue weighted by Gasteiger charge is 2.19. The summed E-state index contributed by atoms with van der Waals surface area (Å²) in [7, 11) is -2.29. The van der Waals surface area contributed by atoms with Crippen LogP contribution in [0.15, 0.2) is 59.6 Å². The zero-order valence-corrected chi connectivity index (χ0v) is 14.4. The van der Waals surface area contributed by atoms with Crippen molar-refractivity contribution in [3.8, 4) is 0 Å². The molecule has 1 aromatic heterocycles. The maximum atomic E-state index is 12.4. The van der Waals surface area contributed by atoms with Crippen LogP contribution in [0.3, 0.4) is 0 Å². The molecule has 0 atom stereocenters. The summed E-state index contributed by atoms with van der Waals surface area (Å²) in [5.74, 6) is -0.618. The van der Waals surface area contributed by atoms with Gasteiger partial charge in [0.2, 0.25) is 0 Å². The molecule has 2 N–H and O–H groups in total. The maximum absolute atomic E-state index is 12.4. The molecule has 0 aliphatic carbocycles. The zero-order valence-electron chi connectivity index (χ0n) is 13.5. The van der Waals surface area contributed by atoms with Crippen LogP contribution in [0.2, 0.25) is 0 Å². The Balaban J connectivity index is 1.78. The number of hydrogen-bond donors (Lipinski definition) is 2. The van der Waals surface area contributed by atoms with Gasteiger partial charge >= 0.3 is 0 Å². The Morgan fingerprint density at radius 3 is 2.42 bits per heavy atom. The molecule has 0 spiro atoms. The summed E-state index contributed by atoms with van der Waals surface area (Å²) >= 11 is 0. The first kappa shape index (κ1) is 17.6. The van der Waals surface area contributed by atoms with E-state index in [1.165, 1.54) is 0 Å². The SMILES string of the molecule is Cn1cc(C(=O)NNS(=O)(=O)c2ccc([N+](=O)[O-])cc2)c2ccccc21. The minimum absolute atomic E-state index is 0.207. The van der Waals surface area contributed by atoms with Crippen LogP contribution in [0.5, 0.6) is 0 Å². The van der Waals surface area contributed by atoms with Crippen LogP contribution in [-0.4, -0.2) is 23.8 Å². The third-order valence-corrected chi connectivity index (χ3v) is 5.06. The van der Waals surface area contributed by atoms with E-state index in [0.717, 1.165) is 29.8 Å². The van der Waals surface area contributed by atoms with Crippen molar-refractivity contribution in [1.82, 2.24) is 14.8 Å². The summed E-state index contributed by atoms with van der Waals surface area (Å²) < 4.78 is 26.2. The number of fused-ring (bicyclic) bond motifs is 1. The van der Waals surface area contributed by atoms with Crippen molar-refractivity contribution >= 4 is 32.5 Å². The van der Waals surface area contributed by atoms with Gasteiger partial charge in [0.15, 0.2) is 0 Å². The quantitative estimate of drug-likeness (QED) is 0.520. The number of benzene rings is 2. The fourth-order valence-electron chi connectivity index (χ4n) is 2.51. The number of sulfonamides is 1. The number of carbonyl (C=O) groups excluding carboxylic acids is 1. The monoisotopic (exact) mass is 374 g/mol. The van der Waals surface area contributed by atoms with Crippen LogP contribution in [0.4, 0.5) is 5.69 Å². The van der Waals surface area contributed by atoms with Gasteiger partial charge < -0.3 is 4.57 Å². The third-order valence-electron chi connectivity index (χ3n) is 3.80. The second kappa shape index (κ2) is 6.58. The van der Waals surface area contributed by atoms with E-state index in [0.29, 0.717) is 10.9 Å². The lowest BCUT2D eigenvalue weighted by Gasteiger charge is -2.08. The molecule has 0 aliphatic heterocycles. The average Bonchev–Trinajstić information content (AvgIpc) is 2.97. The van der Waals surface area contributed by atoms with E-state index in [4.69, 9.17) is 0 Å². The van der Waals surface area contributed by atoms with Gasteiger partial charge in [0, 0.05) is 36.3 Å². The van der Waals surface area contributed by atoms with E-state index >= 15 is 0 Å². The van der Waals surface area contributed by atoms with Crippen LogP contribution in [-0.2, 0) is 17.1 Å². The molecule has 0 aliphatic rings. The van der Waals surface area contributed by atoms with Gasteiger partial charge in [-0.05, 0) is 18.2 Å². The van der Waals surface area contributed by atoms with Crippen LogP contribution < -0.4 is 10.3 Å². The topological polar surface area (TPSA) is 123 Å². The molecule has 0 radical (unpaired) electrons. The fraction of sp³-hybridized carbons (Fsp3) is 0.0625. The van der Waals surface area contributed by atoms with Crippen LogP contribution in [0, 0.1) is 10.1 Å². The Labute approximate surface area is 148 Å². The van der Waals surface area contributed by atoms with Gasteiger partial charge in [0.05, 0.1) is 15.4 Å². The van der Waals surface area contributed by atoms with Gasteiger partial charge in [-0.15, -0.1) is 4.83 Å². The Morgan fingerprint density at radius 2 is 1.77 bits per heavy atom. The molecule has 0 unspecified atom stereocenters. The minimum Gasteiger partial charge on any atom is -0.350 e. The third kappa shape index (κ3) is 3.27. The van der Waals surface area contributed by atoms with Gasteiger partial charge in [0.25, 0.3) is 21.6 Å². The van der Waals surface area contributed by atoms with E-state index in [1.54, 1.807) is 29.9 Å². The maximum Gasteiger partial charge on any atom is 0.269 e. The van der Waals surface area contributed by atoms with Gasteiger partial charge in [-0.2, -0.15) is 0 Å². The van der Waals surface area contributed by atoms with Gasteiger partial charge in [0.1, 0.15) is 0 Å². The minimum atomic E-state index is -4.06. The Kier molecular flexibility index (Phi) is 4.45. The number of non-ortho nitro benzene ring substituents is 1. The molecule has 0 bridgehead atoms. The second-order valence-corrected chi connectivity index (χ2v) is 7.16. The van der Waals surface area contributed by atoms with Crippen molar-refractivity contribution in [2.45, 2.75) is 4.90 Å². The summed E-state index contributed by atoms with van der Waals surface area (Å²) in [5.41, 5.74) is 3.07. The number of rotatable bonds is 5. The van der Waals surface area contributed by atoms with Crippen molar-refractivity contribution in [1.29, 1.82) is 0 Å². The van der Waals surface area contributed by atoms with Crippen molar-refractivity contribution in [2.24, 2.45) is 7.05 Å². The van der Waals surface area contributed by atoms with Gasteiger partial charge in [-0.25, -0.2) is 8.42 Å². The smallest absolute Gasteiger partial charge is 0.269 e. The number of para-hydroxylation sites is 1. The summed E-state index contributed by atoms with van der Waals surface area (Å²) in [4.78, 5) is 24.1. The van der Waals surface area contributed by atoms with E-state index in [2.05, 4.69) is 5.43 Å². The first-order valence-corrected chi connectivity index (χ1v) is 8.88. The van der Waals surface area contributed by atoms with E-state index in [-0.39, 0.29) is 10.6 Å². The van der Waals surface area contributed by atoms with Crippen LogP contribution in [0.25, 0.3) is 10.9 Å². The molecule has 3 aromatic rings. The van der Waals surface area contributed by atoms with Crippen molar-refractivity contribution in [2.75, 3.05) is 0 Å². The summed E-state index contributed by atoms with van der Waals surface area (Å²) in [6.45, 7) is 0. The Hall–Kier alpha value is -3.24. The van der Waals surface area contributed by atoms with Gasteiger partial charge in [-0.1, -0.05) is 18.2 Å². The lowest BCUT2D eigenvalue weighted by Crippen LogP contribution is -2.41. The van der Waals surface area contributed by atoms with Crippen LogP contribution >= 0.6 is 0 Å². The summed E-state index contributed by atoms with van der Waals surface area (Å²) in [6.07, 6.45) is 1.60. The zero-order chi connectivity index (χ0) is 18.9. The lowest BCUT2D eigenvalue weighted by molar-refractivity contribution is -0.384. The molecule has 0 saturated carbocycles. The normalized spacial score (nSPS) is 11.4. The number of aromatic nitrogens is 1. The number of hydrazine groups is 1. The largest absolute Gasteiger partial charge is 0.350 e. The number of nitro benzene ring substituents is 1. The average molecular weight is 374 g/mol. The number of amides is 1. The molecule has 0 saturated heterocycles. The van der Waals surface area contributed by atoms with E-state index in [1.807, 2.05) is 17.0 Å². The molecule has 1 heterocycles.